The van der Waals surface area contributed by atoms with Crippen LogP contribution in [0.5, 0.6) is 0 Å². The van der Waals surface area contributed by atoms with Crippen LogP contribution < -0.4 is 10.6 Å². The second kappa shape index (κ2) is 6.41. The summed E-state index contributed by atoms with van der Waals surface area (Å²) in [6, 6.07) is 4.38. The zero-order valence-electron chi connectivity index (χ0n) is 12.1. The van der Waals surface area contributed by atoms with Crippen molar-refractivity contribution >= 4 is 17.2 Å². The fourth-order valence-electron chi connectivity index (χ4n) is 2.60. The van der Waals surface area contributed by atoms with E-state index in [9.17, 15) is 4.79 Å². The predicted molar refractivity (Wildman–Crippen MR) is 83.4 cm³/mol. The van der Waals surface area contributed by atoms with Crippen molar-refractivity contribution in [2.24, 2.45) is 0 Å². The first kappa shape index (κ1) is 14.3. The molecule has 2 aromatic rings. The third kappa shape index (κ3) is 3.51. The van der Waals surface area contributed by atoms with Crippen molar-refractivity contribution in [1.29, 1.82) is 0 Å². The minimum absolute atomic E-state index is 0.0441. The first-order chi connectivity index (χ1) is 10.2. The largest absolute Gasteiger partial charge is 0.355 e. The molecular formula is C15H20N4OS. The Kier molecular flexibility index (Phi) is 4.36. The number of nitrogens with zero attached hydrogens (tertiary/aromatic N) is 2. The number of hydrogen-bond donors (Lipinski definition) is 2. The predicted octanol–water partition coefficient (Wildman–Crippen LogP) is 1.51. The van der Waals surface area contributed by atoms with E-state index in [4.69, 9.17) is 0 Å². The fourth-order valence-corrected chi connectivity index (χ4v) is 3.30. The average Bonchev–Trinajstić information content (AvgIpc) is 3.08. The summed E-state index contributed by atoms with van der Waals surface area (Å²) < 4.78 is 2.15. The van der Waals surface area contributed by atoms with Gasteiger partial charge in [-0.05, 0) is 24.8 Å². The molecule has 0 saturated heterocycles. The van der Waals surface area contributed by atoms with Crippen molar-refractivity contribution in [2.75, 3.05) is 13.1 Å². The minimum atomic E-state index is 0.0441. The summed E-state index contributed by atoms with van der Waals surface area (Å²) in [4.78, 5) is 17.8. The van der Waals surface area contributed by atoms with Crippen molar-refractivity contribution < 1.29 is 4.79 Å². The van der Waals surface area contributed by atoms with E-state index < -0.39 is 0 Å². The van der Waals surface area contributed by atoms with Crippen molar-refractivity contribution in [1.82, 2.24) is 20.2 Å². The molecule has 1 aliphatic heterocycles. The number of amides is 1. The number of fused-ring (bicyclic) bond motifs is 1. The Balaban J connectivity index is 1.50. The highest BCUT2D eigenvalue weighted by Crippen LogP contribution is 2.16. The normalized spacial score (nSPS) is 17.5. The van der Waals surface area contributed by atoms with E-state index in [1.54, 1.807) is 11.3 Å². The molecule has 0 fully saturated rings. The molecule has 2 aromatic heterocycles. The molecule has 3 heterocycles. The van der Waals surface area contributed by atoms with Crippen LogP contribution in [0.3, 0.4) is 0 Å². The molecule has 6 heteroatoms. The maximum atomic E-state index is 12.0. The Labute approximate surface area is 128 Å². The van der Waals surface area contributed by atoms with Gasteiger partial charge in [0.1, 0.15) is 5.82 Å². The number of imidazole rings is 1. The van der Waals surface area contributed by atoms with Crippen molar-refractivity contribution in [2.45, 2.75) is 32.4 Å². The van der Waals surface area contributed by atoms with Crippen molar-refractivity contribution in [3.63, 3.8) is 0 Å². The summed E-state index contributed by atoms with van der Waals surface area (Å²) in [7, 11) is 0. The lowest BCUT2D eigenvalue weighted by atomic mass is 10.2. The van der Waals surface area contributed by atoms with E-state index in [1.807, 2.05) is 12.3 Å². The second-order valence-corrected chi connectivity index (χ2v) is 6.35. The zero-order chi connectivity index (χ0) is 14.7. The number of carbonyl (C=O) groups is 1. The summed E-state index contributed by atoms with van der Waals surface area (Å²) in [6.07, 6.45) is 3.26. The van der Waals surface area contributed by atoms with Crippen molar-refractivity contribution in [3.8, 4) is 0 Å². The lowest BCUT2D eigenvalue weighted by Gasteiger charge is -2.21. The SMILES string of the molecule is CC1NCCn2cc(CC(=O)NCCc3cccs3)nc21. The number of thiophene rings is 1. The fraction of sp³-hybridized carbons (Fsp3) is 0.467. The quantitative estimate of drug-likeness (QED) is 0.880. The van der Waals surface area contributed by atoms with Crippen LogP contribution in [0.15, 0.2) is 23.7 Å². The highest BCUT2D eigenvalue weighted by molar-refractivity contribution is 7.09. The molecule has 3 rings (SSSR count). The van der Waals surface area contributed by atoms with Gasteiger partial charge < -0.3 is 15.2 Å². The maximum Gasteiger partial charge on any atom is 0.226 e. The Morgan fingerprint density at radius 3 is 3.29 bits per heavy atom. The molecule has 1 amide bonds. The molecule has 1 atom stereocenters. The van der Waals surface area contributed by atoms with Gasteiger partial charge in [-0.2, -0.15) is 0 Å². The molecule has 21 heavy (non-hydrogen) atoms. The van der Waals surface area contributed by atoms with Gasteiger partial charge in [-0.1, -0.05) is 6.07 Å². The van der Waals surface area contributed by atoms with E-state index >= 15 is 0 Å². The Bertz CT molecular complexity index is 605. The third-order valence-corrected chi connectivity index (χ3v) is 4.60. The lowest BCUT2D eigenvalue weighted by Crippen LogP contribution is -2.31. The smallest absolute Gasteiger partial charge is 0.226 e. The summed E-state index contributed by atoms with van der Waals surface area (Å²) >= 11 is 1.72. The summed E-state index contributed by atoms with van der Waals surface area (Å²) in [5.74, 6) is 1.07. The number of rotatable bonds is 5. The van der Waals surface area contributed by atoms with Crippen LogP contribution in [-0.4, -0.2) is 28.5 Å². The van der Waals surface area contributed by atoms with Crippen LogP contribution in [0.25, 0.3) is 0 Å². The third-order valence-electron chi connectivity index (χ3n) is 3.66. The molecule has 0 aromatic carbocycles. The number of aromatic nitrogens is 2. The number of hydrogen-bond acceptors (Lipinski definition) is 4. The Hall–Kier alpha value is -1.66. The highest BCUT2D eigenvalue weighted by atomic mass is 32.1. The van der Waals surface area contributed by atoms with E-state index in [2.05, 4.69) is 38.6 Å². The maximum absolute atomic E-state index is 12.0. The molecule has 0 aliphatic carbocycles. The van der Waals surface area contributed by atoms with Crippen LogP contribution in [0.1, 0.15) is 29.4 Å². The number of carbonyl (C=O) groups excluding carboxylic acids is 1. The molecule has 1 unspecified atom stereocenters. The van der Waals surface area contributed by atoms with Gasteiger partial charge in [0.2, 0.25) is 5.91 Å². The molecule has 5 nitrogen and oxygen atoms in total. The monoisotopic (exact) mass is 304 g/mol. The second-order valence-electron chi connectivity index (χ2n) is 5.32. The van der Waals surface area contributed by atoms with E-state index in [1.165, 1.54) is 4.88 Å². The minimum Gasteiger partial charge on any atom is -0.355 e. The van der Waals surface area contributed by atoms with Crippen LogP contribution in [0.2, 0.25) is 0 Å². The van der Waals surface area contributed by atoms with Gasteiger partial charge >= 0.3 is 0 Å². The molecule has 0 saturated carbocycles. The topological polar surface area (TPSA) is 59.0 Å². The summed E-state index contributed by atoms with van der Waals surface area (Å²) in [6.45, 7) is 4.66. The lowest BCUT2D eigenvalue weighted by molar-refractivity contribution is -0.120. The average molecular weight is 304 g/mol. The molecule has 112 valence electrons. The molecule has 0 radical (unpaired) electrons. The van der Waals surface area contributed by atoms with Crippen LogP contribution >= 0.6 is 11.3 Å². The summed E-state index contributed by atoms with van der Waals surface area (Å²) in [5, 5.41) is 8.39. The Morgan fingerprint density at radius 1 is 1.62 bits per heavy atom. The van der Waals surface area contributed by atoms with E-state index in [0.717, 1.165) is 31.0 Å². The molecule has 0 spiro atoms. The van der Waals surface area contributed by atoms with Gasteiger partial charge in [0.15, 0.2) is 0 Å². The van der Waals surface area contributed by atoms with Gasteiger partial charge in [-0.25, -0.2) is 4.98 Å². The zero-order valence-corrected chi connectivity index (χ0v) is 12.9. The van der Waals surface area contributed by atoms with Gasteiger partial charge in [0.25, 0.3) is 0 Å². The standard InChI is InChI=1S/C15H20N4OS/c1-11-15-18-12(10-19(15)7-6-16-11)9-14(20)17-5-4-13-3-2-8-21-13/h2-3,8,10-11,16H,4-7,9H2,1H3,(H,17,20). The van der Waals surface area contributed by atoms with E-state index in [0.29, 0.717) is 13.0 Å². The molecule has 0 bridgehead atoms. The first-order valence-corrected chi connectivity index (χ1v) is 8.19. The van der Waals surface area contributed by atoms with Gasteiger partial charge in [-0.3, -0.25) is 4.79 Å². The summed E-state index contributed by atoms with van der Waals surface area (Å²) in [5.41, 5.74) is 0.856. The number of nitrogens with one attached hydrogen (secondary N) is 2. The van der Waals surface area contributed by atoms with Gasteiger partial charge in [-0.15, -0.1) is 11.3 Å². The molecule has 2 N–H and O–H groups in total. The molecular weight excluding hydrogens is 284 g/mol. The van der Waals surface area contributed by atoms with E-state index in [-0.39, 0.29) is 11.9 Å². The van der Waals surface area contributed by atoms with Crippen LogP contribution in [0.4, 0.5) is 0 Å². The van der Waals surface area contributed by atoms with Crippen LogP contribution in [0, 0.1) is 0 Å². The van der Waals surface area contributed by atoms with Crippen molar-refractivity contribution in [3.05, 3.63) is 40.1 Å². The highest BCUT2D eigenvalue weighted by Gasteiger charge is 2.19. The first-order valence-electron chi connectivity index (χ1n) is 7.31. The Morgan fingerprint density at radius 2 is 2.52 bits per heavy atom. The van der Waals surface area contributed by atoms with Gasteiger partial charge in [0.05, 0.1) is 18.2 Å². The van der Waals surface area contributed by atoms with Crippen LogP contribution in [-0.2, 0) is 24.2 Å². The molecule has 1 aliphatic rings. The van der Waals surface area contributed by atoms with Gasteiger partial charge in [0, 0.05) is 30.7 Å².